The van der Waals surface area contributed by atoms with Gasteiger partial charge in [-0.2, -0.15) is 5.26 Å². The van der Waals surface area contributed by atoms with Gasteiger partial charge in [0.05, 0.1) is 23.5 Å². The molecular weight excluding hydrogens is 306 g/mol. The normalized spacial score (nSPS) is 9.67. The summed E-state index contributed by atoms with van der Waals surface area (Å²) in [5.74, 6) is -0.415. The zero-order chi connectivity index (χ0) is 17.4. The monoisotopic (exact) mass is 323 g/mol. The lowest BCUT2D eigenvalue weighted by Gasteiger charge is -2.11. The van der Waals surface area contributed by atoms with E-state index in [0.29, 0.717) is 29.3 Å². The molecule has 0 unspecified atom stereocenters. The Bertz CT molecular complexity index is 781. The molecule has 2 amide bonds. The van der Waals surface area contributed by atoms with E-state index in [1.807, 2.05) is 13.0 Å². The molecule has 2 aromatic carbocycles. The summed E-state index contributed by atoms with van der Waals surface area (Å²) in [4.78, 5) is 24.0. The molecular formula is C18H17N3O3. The van der Waals surface area contributed by atoms with Gasteiger partial charge >= 0.3 is 0 Å². The smallest absolute Gasteiger partial charge is 0.233 e. The largest absolute Gasteiger partial charge is 0.492 e. The van der Waals surface area contributed by atoms with Crippen LogP contribution in [-0.4, -0.2) is 18.4 Å². The van der Waals surface area contributed by atoms with E-state index in [1.165, 1.54) is 0 Å². The van der Waals surface area contributed by atoms with Crippen LogP contribution in [0.3, 0.4) is 0 Å². The van der Waals surface area contributed by atoms with Gasteiger partial charge < -0.3 is 15.4 Å². The minimum absolute atomic E-state index is 0.341. The van der Waals surface area contributed by atoms with Crippen LogP contribution < -0.4 is 15.4 Å². The van der Waals surface area contributed by atoms with Gasteiger partial charge in [-0.25, -0.2) is 0 Å². The summed E-state index contributed by atoms with van der Waals surface area (Å²) >= 11 is 0. The van der Waals surface area contributed by atoms with Crippen LogP contribution in [0.2, 0.25) is 0 Å². The van der Waals surface area contributed by atoms with Crippen LogP contribution in [-0.2, 0) is 9.59 Å². The first-order valence-electron chi connectivity index (χ1n) is 7.44. The fourth-order valence-corrected chi connectivity index (χ4v) is 2.08. The van der Waals surface area contributed by atoms with Crippen molar-refractivity contribution in [2.45, 2.75) is 13.3 Å². The highest BCUT2D eigenvalue weighted by molar-refractivity contribution is 6.08. The molecule has 2 aromatic rings. The molecule has 0 saturated carbocycles. The minimum Gasteiger partial charge on any atom is -0.492 e. The molecule has 24 heavy (non-hydrogen) atoms. The summed E-state index contributed by atoms with van der Waals surface area (Å²) in [5.41, 5.74) is 1.23. The van der Waals surface area contributed by atoms with Gasteiger partial charge in [-0.3, -0.25) is 9.59 Å². The van der Waals surface area contributed by atoms with E-state index in [0.717, 1.165) is 0 Å². The minimum atomic E-state index is -0.496. The van der Waals surface area contributed by atoms with Crippen LogP contribution in [0.25, 0.3) is 0 Å². The molecule has 0 saturated heterocycles. The highest BCUT2D eigenvalue weighted by Gasteiger charge is 2.13. The summed E-state index contributed by atoms with van der Waals surface area (Å²) in [5, 5.41) is 14.2. The third kappa shape index (κ3) is 4.58. The average Bonchev–Trinajstić information content (AvgIpc) is 2.57. The molecule has 122 valence electrons. The lowest BCUT2D eigenvalue weighted by molar-refractivity contribution is -0.123. The number of para-hydroxylation sites is 3. The number of nitrogens with one attached hydrogen (secondary N) is 2. The van der Waals surface area contributed by atoms with Crippen molar-refractivity contribution in [1.29, 1.82) is 5.26 Å². The van der Waals surface area contributed by atoms with Crippen molar-refractivity contribution in [2.75, 3.05) is 17.2 Å². The maximum Gasteiger partial charge on any atom is 0.233 e. The maximum atomic E-state index is 12.0. The van der Waals surface area contributed by atoms with Gasteiger partial charge in [-0.15, -0.1) is 0 Å². The molecule has 0 fully saturated rings. The van der Waals surface area contributed by atoms with Crippen molar-refractivity contribution < 1.29 is 14.3 Å². The van der Waals surface area contributed by atoms with E-state index in [-0.39, 0.29) is 6.42 Å². The maximum absolute atomic E-state index is 12.0. The Kier molecular flexibility index (Phi) is 5.92. The second kappa shape index (κ2) is 8.34. The number of hydrogen-bond donors (Lipinski definition) is 2. The van der Waals surface area contributed by atoms with Crippen molar-refractivity contribution in [1.82, 2.24) is 0 Å². The standard InChI is InChI=1S/C18H17N3O3/c1-2-24-16-10-6-5-9-15(16)21-18(23)11-17(22)20-14-8-4-3-7-13(14)12-19/h3-10H,2,11H2,1H3,(H,20,22)(H,21,23). The van der Waals surface area contributed by atoms with E-state index in [1.54, 1.807) is 48.5 Å². The fraction of sp³-hybridized carbons (Fsp3) is 0.167. The van der Waals surface area contributed by atoms with Gasteiger partial charge in [0.25, 0.3) is 0 Å². The number of amides is 2. The molecule has 0 aliphatic heterocycles. The second-order valence-electron chi connectivity index (χ2n) is 4.86. The van der Waals surface area contributed by atoms with Gasteiger partial charge in [0.1, 0.15) is 18.2 Å². The number of rotatable bonds is 6. The Morgan fingerprint density at radius 2 is 1.58 bits per heavy atom. The summed E-state index contributed by atoms with van der Waals surface area (Å²) in [6, 6.07) is 15.6. The molecule has 0 bridgehead atoms. The van der Waals surface area contributed by atoms with Gasteiger partial charge in [-0.05, 0) is 31.2 Å². The van der Waals surface area contributed by atoms with Crippen molar-refractivity contribution in [3.63, 3.8) is 0 Å². The SMILES string of the molecule is CCOc1ccccc1NC(=O)CC(=O)Nc1ccccc1C#N. The van der Waals surface area contributed by atoms with Crippen molar-refractivity contribution >= 4 is 23.2 Å². The number of carbonyl (C=O) groups excluding carboxylic acids is 2. The lowest BCUT2D eigenvalue weighted by atomic mass is 10.2. The van der Waals surface area contributed by atoms with Crippen LogP contribution in [0.4, 0.5) is 11.4 Å². The quantitative estimate of drug-likeness (QED) is 0.800. The molecule has 0 aliphatic rings. The first kappa shape index (κ1) is 17.0. The molecule has 2 rings (SSSR count). The Morgan fingerprint density at radius 1 is 1.00 bits per heavy atom. The lowest BCUT2D eigenvalue weighted by Crippen LogP contribution is -2.22. The average molecular weight is 323 g/mol. The number of hydrogen-bond acceptors (Lipinski definition) is 4. The number of carbonyl (C=O) groups is 2. The predicted octanol–water partition coefficient (Wildman–Crippen LogP) is 2.92. The molecule has 0 radical (unpaired) electrons. The van der Waals surface area contributed by atoms with E-state index in [9.17, 15) is 9.59 Å². The fourth-order valence-electron chi connectivity index (χ4n) is 2.08. The second-order valence-corrected chi connectivity index (χ2v) is 4.86. The third-order valence-electron chi connectivity index (χ3n) is 3.10. The Morgan fingerprint density at radius 3 is 2.25 bits per heavy atom. The van der Waals surface area contributed by atoms with Crippen LogP contribution in [0.5, 0.6) is 5.75 Å². The first-order chi connectivity index (χ1) is 11.6. The predicted molar refractivity (Wildman–Crippen MR) is 90.6 cm³/mol. The van der Waals surface area contributed by atoms with E-state index in [4.69, 9.17) is 10.00 Å². The van der Waals surface area contributed by atoms with Crippen molar-refractivity contribution in [3.8, 4) is 11.8 Å². The summed E-state index contributed by atoms with van der Waals surface area (Å²) in [6.45, 7) is 2.32. The van der Waals surface area contributed by atoms with Crippen LogP contribution in [0, 0.1) is 11.3 Å². The van der Waals surface area contributed by atoms with E-state index >= 15 is 0 Å². The number of benzene rings is 2. The number of ether oxygens (including phenoxy) is 1. The Hall–Kier alpha value is -3.33. The number of nitrogens with zero attached hydrogens (tertiary/aromatic N) is 1. The Labute approximate surface area is 140 Å². The zero-order valence-electron chi connectivity index (χ0n) is 13.2. The molecule has 6 nitrogen and oxygen atoms in total. The molecule has 0 aliphatic carbocycles. The van der Waals surface area contributed by atoms with Crippen molar-refractivity contribution in [2.24, 2.45) is 0 Å². The highest BCUT2D eigenvalue weighted by Crippen LogP contribution is 2.23. The van der Waals surface area contributed by atoms with Crippen molar-refractivity contribution in [3.05, 3.63) is 54.1 Å². The Balaban J connectivity index is 1.98. The van der Waals surface area contributed by atoms with Gasteiger partial charge in [0, 0.05) is 0 Å². The van der Waals surface area contributed by atoms with Gasteiger partial charge in [0.2, 0.25) is 11.8 Å². The molecule has 0 aromatic heterocycles. The molecule has 6 heteroatoms. The van der Waals surface area contributed by atoms with Crippen LogP contribution in [0.1, 0.15) is 18.9 Å². The topological polar surface area (TPSA) is 91.2 Å². The summed E-state index contributed by atoms with van der Waals surface area (Å²) in [7, 11) is 0. The first-order valence-corrected chi connectivity index (χ1v) is 7.44. The van der Waals surface area contributed by atoms with E-state index < -0.39 is 11.8 Å². The summed E-state index contributed by atoms with van der Waals surface area (Å²) in [6.07, 6.45) is -0.361. The summed E-state index contributed by atoms with van der Waals surface area (Å²) < 4.78 is 5.42. The van der Waals surface area contributed by atoms with Gasteiger partial charge in [-0.1, -0.05) is 24.3 Å². The highest BCUT2D eigenvalue weighted by atomic mass is 16.5. The molecule has 2 N–H and O–H groups in total. The number of nitriles is 1. The molecule has 0 spiro atoms. The third-order valence-corrected chi connectivity index (χ3v) is 3.10. The van der Waals surface area contributed by atoms with E-state index in [2.05, 4.69) is 10.6 Å². The zero-order valence-corrected chi connectivity index (χ0v) is 13.2. The van der Waals surface area contributed by atoms with Crippen LogP contribution in [0.15, 0.2) is 48.5 Å². The van der Waals surface area contributed by atoms with Crippen LogP contribution >= 0.6 is 0 Å². The van der Waals surface area contributed by atoms with Gasteiger partial charge in [0.15, 0.2) is 0 Å². The molecule has 0 heterocycles. The molecule has 0 atom stereocenters. The number of anilines is 2.